The summed E-state index contributed by atoms with van der Waals surface area (Å²) in [4.78, 5) is 27.7. The van der Waals surface area contributed by atoms with Gasteiger partial charge in [0.1, 0.15) is 0 Å². The maximum atomic E-state index is 12.1. The lowest BCUT2D eigenvalue weighted by atomic mass is 10.2. The van der Waals surface area contributed by atoms with Crippen LogP contribution in [0.4, 0.5) is 11.4 Å². The van der Waals surface area contributed by atoms with Crippen LogP contribution in [0.5, 0.6) is 0 Å². The second-order valence-electron chi connectivity index (χ2n) is 5.77. The lowest BCUT2D eigenvalue weighted by Crippen LogP contribution is -2.32. The molecule has 0 aromatic heterocycles. The van der Waals surface area contributed by atoms with Gasteiger partial charge in [0.15, 0.2) is 0 Å². The fourth-order valence-electron chi connectivity index (χ4n) is 2.71. The highest BCUT2D eigenvalue weighted by atomic mass is 16.2. The summed E-state index contributed by atoms with van der Waals surface area (Å²) in [6.45, 7) is 8.30. The Labute approximate surface area is 155 Å². The van der Waals surface area contributed by atoms with Crippen molar-refractivity contribution in [2.24, 2.45) is 0 Å². The predicted molar refractivity (Wildman–Crippen MR) is 107 cm³/mol. The lowest BCUT2D eigenvalue weighted by molar-refractivity contribution is -0.115. The second-order valence-corrected chi connectivity index (χ2v) is 5.77. The summed E-state index contributed by atoms with van der Waals surface area (Å²) >= 11 is 0. The van der Waals surface area contributed by atoms with Gasteiger partial charge in [0, 0.05) is 24.5 Å². The highest BCUT2D eigenvalue weighted by Crippen LogP contribution is 2.17. The monoisotopic (exact) mass is 348 g/mol. The Balaban J connectivity index is 1.97. The molecule has 4 heteroatoms. The van der Waals surface area contributed by atoms with E-state index in [1.807, 2.05) is 60.7 Å². The minimum absolute atomic E-state index is 0.127. The Bertz CT molecular complexity index is 676. The van der Waals surface area contributed by atoms with Crippen molar-refractivity contribution < 1.29 is 9.59 Å². The van der Waals surface area contributed by atoms with E-state index in [2.05, 4.69) is 13.2 Å². The Kier molecular flexibility index (Phi) is 7.37. The standard InChI is InChI=1S/C22H24N2O2/c1-3-21(25)23(19-13-7-5-8-14-19)17-11-12-18-24(22(26)4-2)20-15-9-6-10-16-20/h3-10,13-16H,1-2,11-12,17-18H2. The molecule has 0 saturated carbocycles. The number of hydrogen-bond donors (Lipinski definition) is 0. The third kappa shape index (κ3) is 5.18. The molecule has 0 spiro atoms. The third-order valence-corrected chi connectivity index (χ3v) is 4.03. The summed E-state index contributed by atoms with van der Waals surface area (Å²) in [7, 11) is 0. The molecule has 2 rings (SSSR count). The molecule has 2 amide bonds. The number of rotatable bonds is 9. The van der Waals surface area contributed by atoms with Crippen LogP contribution >= 0.6 is 0 Å². The van der Waals surface area contributed by atoms with E-state index in [-0.39, 0.29) is 11.8 Å². The Hall–Kier alpha value is -3.14. The number of benzene rings is 2. The van der Waals surface area contributed by atoms with Crippen molar-refractivity contribution in [2.45, 2.75) is 12.8 Å². The quantitative estimate of drug-likeness (QED) is 0.503. The van der Waals surface area contributed by atoms with Crippen LogP contribution in [-0.4, -0.2) is 24.9 Å². The topological polar surface area (TPSA) is 40.6 Å². The van der Waals surface area contributed by atoms with Crippen LogP contribution in [0.25, 0.3) is 0 Å². The van der Waals surface area contributed by atoms with E-state index < -0.39 is 0 Å². The maximum absolute atomic E-state index is 12.1. The molecule has 0 unspecified atom stereocenters. The Morgan fingerprint density at radius 2 is 1.04 bits per heavy atom. The van der Waals surface area contributed by atoms with Gasteiger partial charge in [0.2, 0.25) is 11.8 Å². The van der Waals surface area contributed by atoms with E-state index >= 15 is 0 Å². The number of nitrogens with zero attached hydrogens (tertiary/aromatic N) is 2. The van der Waals surface area contributed by atoms with Gasteiger partial charge in [-0.05, 0) is 49.3 Å². The van der Waals surface area contributed by atoms with Crippen molar-refractivity contribution in [1.29, 1.82) is 0 Å². The van der Waals surface area contributed by atoms with Gasteiger partial charge in [-0.15, -0.1) is 0 Å². The van der Waals surface area contributed by atoms with E-state index in [0.29, 0.717) is 13.1 Å². The van der Waals surface area contributed by atoms with Crippen LogP contribution in [0.15, 0.2) is 86.0 Å². The van der Waals surface area contributed by atoms with Crippen molar-refractivity contribution in [3.05, 3.63) is 86.0 Å². The molecule has 2 aromatic carbocycles. The van der Waals surface area contributed by atoms with Crippen molar-refractivity contribution in [1.82, 2.24) is 0 Å². The van der Waals surface area contributed by atoms with E-state index in [4.69, 9.17) is 0 Å². The molecule has 0 N–H and O–H groups in total. The number of carbonyl (C=O) groups excluding carboxylic acids is 2. The van der Waals surface area contributed by atoms with Gasteiger partial charge in [-0.1, -0.05) is 49.6 Å². The van der Waals surface area contributed by atoms with Crippen LogP contribution in [0, 0.1) is 0 Å². The van der Waals surface area contributed by atoms with Crippen molar-refractivity contribution in [3.8, 4) is 0 Å². The summed E-state index contributed by atoms with van der Waals surface area (Å²) in [5, 5.41) is 0. The molecule has 0 aliphatic carbocycles. The van der Waals surface area contributed by atoms with Crippen molar-refractivity contribution in [2.75, 3.05) is 22.9 Å². The average molecular weight is 348 g/mol. The zero-order valence-electron chi connectivity index (χ0n) is 14.9. The summed E-state index contributed by atoms with van der Waals surface area (Å²) in [6.07, 6.45) is 4.18. The molecule has 4 nitrogen and oxygen atoms in total. The van der Waals surface area contributed by atoms with Gasteiger partial charge in [0.25, 0.3) is 0 Å². The minimum Gasteiger partial charge on any atom is -0.309 e. The summed E-state index contributed by atoms with van der Waals surface area (Å²) in [5.74, 6) is -0.253. The fourth-order valence-corrected chi connectivity index (χ4v) is 2.71. The number of amides is 2. The summed E-state index contributed by atoms with van der Waals surface area (Å²) in [6, 6.07) is 19.0. The van der Waals surface area contributed by atoms with Crippen LogP contribution in [0.3, 0.4) is 0 Å². The van der Waals surface area contributed by atoms with Gasteiger partial charge < -0.3 is 9.80 Å². The molecular weight excluding hydrogens is 324 g/mol. The smallest absolute Gasteiger partial charge is 0.250 e. The number of unbranched alkanes of at least 4 members (excludes halogenated alkanes) is 1. The Morgan fingerprint density at radius 1 is 0.692 bits per heavy atom. The minimum atomic E-state index is -0.127. The van der Waals surface area contributed by atoms with Gasteiger partial charge in [-0.25, -0.2) is 0 Å². The summed E-state index contributed by atoms with van der Waals surface area (Å²) in [5.41, 5.74) is 1.69. The van der Waals surface area contributed by atoms with Crippen molar-refractivity contribution in [3.63, 3.8) is 0 Å². The highest BCUT2D eigenvalue weighted by molar-refractivity contribution is 6.01. The van der Waals surface area contributed by atoms with Gasteiger partial charge in [-0.2, -0.15) is 0 Å². The Morgan fingerprint density at radius 3 is 1.35 bits per heavy atom. The van der Waals surface area contributed by atoms with E-state index in [0.717, 1.165) is 24.2 Å². The molecule has 134 valence electrons. The fraction of sp³-hybridized carbons (Fsp3) is 0.182. The van der Waals surface area contributed by atoms with E-state index in [1.54, 1.807) is 9.80 Å². The zero-order chi connectivity index (χ0) is 18.8. The predicted octanol–water partition coefficient (Wildman–Crippen LogP) is 4.21. The molecule has 0 saturated heterocycles. The molecule has 0 atom stereocenters. The van der Waals surface area contributed by atoms with Crippen molar-refractivity contribution >= 4 is 23.2 Å². The molecule has 26 heavy (non-hydrogen) atoms. The first kappa shape index (κ1) is 19.2. The molecule has 0 aliphatic heterocycles. The van der Waals surface area contributed by atoms with E-state index in [1.165, 1.54) is 12.2 Å². The number of anilines is 2. The number of para-hydroxylation sites is 2. The zero-order valence-corrected chi connectivity index (χ0v) is 14.9. The molecule has 0 radical (unpaired) electrons. The molecule has 2 aromatic rings. The second kappa shape index (κ2) is 9.99. The first-order chi connectivity index (χ1) is 12.7. The first-order valence-corrected chi connectivity index (χ1v) is 8.65. The maximum Gasteiger partial charge on any atom is 0.250 e. The van der Waals surface area contributed by atoms with E-state index in [9.17, 15) is 9.59 Å². The third-order valence-electron chi connectivity index (χ3n) is 4.03. The van der Waals surface area contributed by atoms with Gasteiger partial charge in [-0.3, -0.25) is 9.59 Å². The molecule has 0 aliphatic rings. The number of hydrogen-bond acceptors (Lipinski definition) is 2. The first-order valence-electron chi connectivity index (χ1n) is 8.65. The van der Waals surface area contributed by atoms with Crippen LogP contribution in [-0.2, 0) is 9.59 Å². The highest BCUT2D eigenvalue weighted by Gasteiger charge is 2.14. The van der Waals surface area contributed by atoms with Gasteiger partial charge >= 0.3 is 0 Å². The van der Waals surface area contributed by atoms with Gasteiger partial charge in [0.05, 0.1) is 0 Å². The molecule has 0 fully saturated rings. The molecule has 0 heterocycles. The SMILES string of the molecule is C=CC(=O)N(CCCCN(C(=O)C=C)c1ccccc1)c1ccccc1. The summed E-state index contributed by atoms with van der Waals surface area (Å²) < 4.78 is 0. The molecule has 0 bridgehead atoms. The normalized spacial score (nSPS) is 10.0. The van der Waals surface area contributed by atoms with Crippen LogP contribution in [0.2, 0.25) is 0 Å². The lowest BCUT2D eigenvalue weighted by Gasteiger charge is -2.24. The van der Waals surface area contributed by atoms with Crippen LogP contribution < -0.4 is 9.80 Å². The molecular formula is C22H24N2O2. The largest absolute Gasteiger partial charge is 0.309 e. The average Bonchev–Trinajstić information content (AvgIpc) is 2.71. The van der Waals surface area contributed by atoms with Crippen LogP contribution in [0.1, 0.15) is 12.8 Å². The number of carbonyl (C=O) groups is 2.